The van der Waals surface area contributed by atoms with Crippen LogP contribution in [0, 0.1) is 5.82 Å². The molecule has 0 aromatic heterocycles. The van der Waals surface area contributed by atoms with E-state index in [1.165, 1.54) is 12.1 Å². The molecule has 4 rings (SSSR count). The largest absolute Gasteiger partial charge is 0.359 e. The van der Waals surface area contributed by atoms with Crippen molar-refractivity contribution in [2.75, 3.05) is 24.7 Å². The number of halogens is 1. The number of nitrogens with one attached hydrogen (secondary N) is 4. The van der Waals surface area contributed by atoms with Gasteiger partial charge in [0.1, 0.15) is 5.82 Å². The minimum atomic E-state index is -0.407. The van der Waals surface area contributed by atoms with Gasteiger partial charge >= 0.3 is 0 Å². The van der Waals surface area contributed by atoms with Gasteiger partial charge in [0.25, 0.3) is 5.91 Å². The van der Waals surface area contributed by atoms with E-state index >= 15 is 0 Å². The van der Waals surface area contributed by atoms with E-state index in [4.69, 9.17) is 0 Å². The van der Waals surface area contributed by atoms with Gasteiger partial charge in [0.05, 0.1) is 17.0 Å². The second-order valence-corrected chi connectivity index (χ2v) is 8.12. The van der Waals surface area contributed by atoms with Crippen LogP contribution in [0.3, 0.4) is 0 Å². The molecule has 0 bridgehead atoms. The lowest BCUT2D eigenvalue weighted by molar-refractivity contribution is -0.120. The first-order chi connectivity index (χ1) is 16.5. The van der Waals surface area contributed by atoms with E-state index in [2.05, 4.69) is 21.3 Å². The number of fused-ring (bicyclic) bond motifs is 1. The van der Waals surface area contributed by atoms with Crippen molar-refractivity contribution < 1.29 is 14.0 Å². The van der Waals surface area contributed by atoms with Crippen LogP contribution in [0.5, 0.6) is 0 Å². The van der Waals surface area contributed by atoms with Gasteiger partial charge in [0.2, 0.25) is 5.91 Å². The van der Waals surface area contributed by atoms with Crippen LogP contribution in [-0.2, 0) is 22.6 Å². The molecule has 0 unspecified atom stereocenters. The number of benzene rings is 3. The van der Waals surface area contributed by atoms with Crippen molar-refractivity contribution in [3.8, 4) is 0 Å². The van der Waals surface area contributed by atoms with E-state index in [0.717, 1.165) is 28.9 Å². The van der Waals surface area contributed by atoms with Gasteiger partial charge in [0, 0.05) is 31.3 Å². The maximum atomic E-state index is 13.8. The second kappa shape index (κ2) is 10.3. The number of carbonyl (C=O) groups is 2. The van der Waals surface area contributed by atoms with Gasteiger partial charge in [-0.05, 0) is 60.5 Å². The zero-order chi connectivity index (χ0) is 24.1. The van der Waals surface area contributed by atoms with Gasteiger partial charge < -0.3 is 21.3 Å². The maximum Gasteiger partial charge on any atom is 0.258 e. The lowest BCUT2D eigenvalue weighted by Crippen LogP contribution is -2.17. The summed E-state index contributed by atoms with van der Waals surface area (Å²) >= 11 is 0. The molecule has 7 heteroatoms. The average molecular weight is 459 g/mol. The Balaban J connectivity index is 1.73. The Bertz CT molecular complexity index is 1230. The lowest BCUT2D eigenvalue weighted by Gasteiger charge is -2.16. The monoisotopic (exact) mass is 458 g/mol. The number of aryl methyl sites for hydroxylation is 1. The van der Waals surface area contributed by atoms with E-state index in [9.17, 15) is 14.0 Å². The van der Waals surface area contributed by atoms with Crippen LogP contribution in [0.15, 0.2) is 66.7 Å². The van der Waals surface area contributed by atoms with Gasteiger partial charge in [-0.25, -0.2) is 4.39 Å². The Hall–Kier alpha value is -3.97. The molecule has 1 heterocycles. The summed E-state index contributed by atoms with van der Waals surface area (Å²) in [4.78, 5) is 24.6. The Kier molecular flexibility index (Phi) is 7.04. The van der Waals surface area contributed by atoms with Crippen molar-refractivity contribution in [1.82, 2.24) is 10.6 Å². The molecule has 1 aliphatic heterocycles. The van der Waals surface area contributed by atoms with Gasteiger partial charge in [-0.3, -0.25) is 9.59 Å². The predicted octanol–water partition coefficient (Wildman–Crippen LogP) is 4.16. The molecular formula is C27H27FN4O2. The molecule has 0 atom stereocenters. The molecule has 174 valence electrons. The van der Waals surface area contributed by atoms with E-state index in [0.29, 0.717) is 35.4 Å². The highest BCUT2D eigenvalue weighted by molar-refractivity contribution is 6.37. The van der Waals surface area contributed by atoms with Crippen LogP contribution >= 0.6 is 0 Å². The molecule has 2 amide bonds. The molecule has 0 fully saturated rings. The van der Waals surface area contributed by atoms with Crippen molar-refractivity contribution in [2.45, 2.75) is 19.4 Å². The van der Waals surface area contributed by atoms with E-state index in [-0.39, 0.29) is 11.8 Å². The minimum absolute atomic E-state index is 0.0123. The van der Waals surface area contributed by atoms with Gasteiger partial charge in [-0.2, -0.15) is 0 Å². The zero-order valence-corrected chi connectivity index (χ0v) is 19.2. The fourth-order valence-electron chi connectivity index (χ4n) is 3.95. The molecule has 0 spiro atoms. The summed E-state index contributed by atoms with van der Waals surface area (Å²) < 4.78 is 13.8. The van der Waals surface area contributed by atoms with Gasteiger partial charge in [-0.1, -0.05) is 36.4 Å². The molecule has 3 aromatic carbocycles. The summed E-state index contributed by atoms with van der Waals surface area (Å²) in [5, 5.41) is 11.9. The topological polar surface area (TPSA) is 82.3 Å². The summed E-state index contributed by atoms with van der Waals surface area (Å²) in [6.45, 7) is 0.757. The van der Waals surface area contributed by atoms with Crippen LogP contribution in [0.4, 0.5) is 15.8 Å². The average Bonchev–Trinajstić information content (AvgIpc) is 3.17. The molecule has 34 heavy (non-hydrogen) atoms. The highest BCUT2D eigenvalue weighted by Crippen LogP contribution is 2.38. The quantitative estimate of drug-likeness (QED) is 0.382. The maximum absolute atomic E-state index is 13.8. The Morgan fingerprint density at radius 3 is 2.32 bits per heavy atom. The Labute approximate surface area is 198 Å². The summed E-state index contributed by atoms with van der Waals surface area (Å²) in [5.74, 6) is -0.712. The molecule has 0 aliphatic carbocycles. The lowest BCUT2D eigenvalue weighted by atomic mass is 9.98. The Morgan fingerprint density at radius 2 is 1.65 bits per heavy atom. The van der Waals surface area contributed by atoms with Gasteiger partial charge in [0.15, 0.2) is 0 Å². The normalized spacial score (nSPS) is 13.8. The molecule has 0 radical (unpaired) electrons. The third kappa shape index (κ3) is 5.15. The molecule has 1 aliphatic rings. The van der Waals surface area contributed by atoms with E-state index in [1.807, 2.05) is 55.6 Å². The van der Waals surface area contributed by atoms with Gasteiger partial charge in [-0.15, -0.1) is 0 Å². The number of hydrogen-bond acceptors (Lipinski definition) is 4. The molecule has 0 saturated carbocycles. The van der Waals surface area contributed by atoms with Crippen molar-refractivity contribution in [3.63, 3.8) is 0 Å². The molecule has 4 N–H and O–H groups in total. The van der Waals surface area contributed by atoms with Crippen LogP contribution in [-0.4, -0.2) is 25.9 Å². The summed E-state index contributed by atoms with van der Waals surface area (Å²) in [7, 11) is 3.52. The van der Waals surface area contributed by atoms with Crippen molar-refractivity contribution >= 4 is 34.5 Å². The smallest absolute Gasteiger partial charge is 0.258 e. The Morgan fingerprint density at radius 1 is 0.941 bits per heavy atom. The number of anilines is 2. The van der Waals surface area contributed by atoms with Crippen LogP contribution in [0.25, 0.3) is 11.3 Å². The highest BCUT2D eigenvalue weighted by atomic mass is 19.1. The fraction of sp³-hybridized carbons (Fsp3) is 0.185. The van der Waals surface area contributed by atoms with Crippen molar-refractivity contribution in [3.05, 3.63) is 94.8 Å². The highest BCUT2D eigenvalue weighted by Gasteiger charge is 2.28. The fourth-order valence-corrected chi connectivity index (χ4v) is 3.95. The standard InChI is InChI=1S/C27H27FN4O2/c1-29-16-18-5-11-21(12-6-18)31-26(19-8-3-17(4-9-19)7-14-24(33)30-2)25-22-13-10-20(28)15-23(22)32-27(25)34/h3-6,8-13,15,29,31H,7,14,16H2,1-2H3,(H,30,33)(H,32,34)/b26-25-. The van der Waals surface area contributed by atoms with Crippen molar-refractivity contribution in [2.24, 2.45) is 0 Å². The predicted molar refractivity (Wildman–Crippen MR) is 134 cm³/mol. The first kappa shape index (κ1) is 23.2. The summed E-state index contributed by atoms with van der Waals surface area (Å²) in [6.07, 6.45) is 1.02. The zero-order valence-electron chi connectivity index (χ0n) is 19.2. The number of hydrogen-bond donors (Lipinski definition) is 4. The summed E-state index contributed by atoms with van der Waals surface area (Å²) in [5.41, 5.74) is 5.97. The van der Waals surface area contributed by atoms with Crippen LogP contribution < -0.4 is 21.3 Å². The molecular weight excluding hydrogens is 431 g/mol. The third-order valence-electron chi connectivity index (χ3n) is 5.74. The third-order valence-corrected chi connectivity index (χ3v) is 5.74. The second-order valence-electron chi connectivity index (χ2n) is 8.12. The first-order valence-electron chi connectivity index (χ1n) is 11.1. The van der Waals surface area contributed by atoms with Crippen molar-refractivity contribution in [1.29, 1.82) is 0 Å². The summed E-state index contributed by atoms with van der Waals surface area (Å²) in [6, 6.07) is 20.0. The van der Waals surface area contributed by atoms with Crippen LogP contribution in [0.2, 0.25) is 0 Å². The molecule has 3 aromatic rings. The number of carbonyl (C=O) groups excluding carboxylic acids is 2. The van der Waals surface area contributed by atoms with E-state index < -0.39 is 5.82 Å². The minimum Gasteiger partial charge on any atom is -0.359 e. The van der Waals surface area contributed by atoms with Crippen LogP contribution in [0.1, 0.15) is 28.7 Å². The number of amides is 2. The SMILES string of the molecule is CNCc1ccc(N/C(=C2\C(=O)Nc3cc(F)ccc32)c2ccc(CCC(=O)NC)cc2)cc1. The first-order valence-corrected chi connectivity index (χ1v) is 11.1. The molecule has 6 nitrogen and oxygen atoms in total. The molecule has 0 saturated heterocycles. The van der Waals surface area contributed by atoms with E-state index in [1.54, 1.807) is 13.1 Å². The number of rotatable bonds is 8.